The van der Waals surface area contributed by atoms with Gasteiger partial charge in [0.1, 0.15) is 17.4 Å². The first-order valence-corrected chi connectivity index (χ1v) is 7.72. The Morgan fingerprint density at radius 2 is 1.89 bits per heavy atom. The normalized spacial score (nSPS) is 11.8. The molecule has 0 fully saturated rings. The van der Waals surface area contributed by atoms with E-state index in [-0.39, 0.29) is 11.7 Å². The van der Waals surface area contributed by atoms with Crippen molar-refractivity contribution in [2.24, 2.45) is 5.92 Å². The smallest absolute Gasteiger partial charge is 0.180 e. The highest BCUT2D eigenvalue weighted by Gasteiger charge is 2.21. The molecule has 3 nitrogen and oxygen atoms in total. The van der Waals surface area contributed by atoms with Crippen LogP contribution in [0.4, 0.5) is 8.78 Å². The first-order valence-electron chi connectivity index (χ1n) is 5.90. The van der Waals surface area contributed by atoms with Crippen LogP contribution in [0.1, 0.15) is 30.6 Å². The monoisotopic (exact) mass is 290 g/mol. The van der Waals surface area contributed by atoms with E-state index in [0.29, 0.717) is 12.5 Å². The SMILES string of the molecule is CC(C)CCS(=O)(=O)CC(=O)c1ccc(F)cc1F. The highest BCUT2D eigenvalue weighted by Crippen LogP contribution is 2.12. The van der Waals surface area contributed by atoms with E-state index < -0.39 is 38.6 Å². The maximum atomic E-state index is 13.3. The van der Waals surface area contributed by atoms with Crippen LogP contribution in [0.2, 0.25) is 0 Å². The lowest BCUT2D eigenvalue weighted by Gasteiger charge is -2.06. The highest BCUT2D eigenvalue weighted by atomic mass is 32.2. The summed E-state index contributed by atoms with van der Waals surface area (Å²) in [6, 6.07) is 2.45. The Balaban J connectivity index is 2.79. The molecule has 0 amide bonds. The minimum atomic E-state index is -3.56. The van der Waals surface area contributed by atoms with Crippen LogP contribution in [-0.4, -0.2) is 25.7 Å². The number of carbonyl (C=O) groups is 1. The van der Waals surface area contributed by atoms with Crippen LogP contribution in [0.5, 0.6) is 0 Å². The Hall–Kier alpha value is -1.30. The van der Waals surface area contributed by atoms with E-state index in [4.69, 9.17) is 0 Å². The fraction of sp³-hybridized carbons (Fsp3) is 0.462. The van der Waals surface area contributed by atoms with Gasteiger partial charge in [0.05, 0.1) is 11.3 Å². The van der Waals surface area contributed by atoms with Crippen LogP contribution in [-0.2, 0) is 9.84 Å². The number of hydrogen-bond donors (Lipinski definition) is 0. The average molecular weight is 290 g/mol. The standard InChI is InChI=1S/C13H16F2O3S/c1-9(2)5-6-19(17,18)8-13(16)11-4-3-10(14)7-12(11)15/h3-4,7,9H,5-6,8H2,1-2H3. The third kappa shape index (κ3) is 5.06. The molecule has 0 aliphatic carbocycles. The zero-order chi connectivity index (χ0) is 14.6. The van der Waals surface area contributed by atoms with Gasteiger partial charge in [-0.05, 0) is 24.5 Å². The molecule has 0 radical (unpaired) electrons. The molecule has 0 aliphatic rings. The summed E-state index contributed by atoms with van der Waals surface area (Å²) >= 11 is 0. The summed E-state index contributed by atoms with van der Waals surface area (Å²) in [5.41, 5.74) is -0.394. The Kier molecular flexibility index (Phi) is 5.17. The van der Waals surface area contributed by atoms with Crippen LogP contribution in [0.25, 0.3) is 0 Å². The van der Waals surface area contributed by atoms with Gasteiger partial charge in [-0.1, -0.05) is 13.8 Å². The van der Waals surface area contributed by atoms with Gasteiger partial charge in [0.15, 0.2) is 15.6 Å². The van der Waals surface area contributed by atoms with Crippen molar-refractivity contribution in [3.05, 3.63) is 35.4 Å². The van der Waals surface area contributed by atoms with Crippen molar-refractivity contribution >= 4 is 15.6 Å². The van der Waals surface area contributed by atoms with Crippen molar-refractivity contribution in [3.63, 3.8) is 0 Å². The Morgan fingerprint density at radius 3 is 2.42 bits per heavy atom. The number of ketones is 1. The van der Waals surface area contributed by atoms with Crippen molar-refractivity contribution in [2.45, 2.75) is 20.3 Å². The number of carbonyl (C=O) groups excluding carboxylic acids is 1. The van der Waals surface area contributed by atoms with Gasteiger partial charge < -0.3 is 0 Å². The molecule has 0 N–H and O–H groups in total. The minimum Gasteiger partial charge on any atom is -0.293 e. The van der Waals surface area contributed by atoms with Gasteiger partial charge in [0, 0.05) is 6.07 Å². The number of benzene rings is 1. The second-order valence-corrected chi connectivity index (χ2v) is 7.01. The van der Waals surface area contributed by atoms with Gasteiger partial charge in [-0.15, -0.1) is 0 Å². The Morgan fingerprint density at radius 1 is 1.26 bits per heavy atom. The van der Waals surface area contributed by atoms with Crippen molar-refractivity contribution in [1.82, 2.24) is 0 Å². The molecule has 106 valence electrons. The molecule has 0 aromatic heterocycles. The lowest BCUT2D eigenvalue weighted by molar-refractivity contribution is 0.101. The second-order valence-electron chi connectivity index (χ2n) is 4.82. The Bertz CT molecular complexity index is 565. The molecule has 0 unspecified atom stereocenters. The quantitative estimate of drug-likeness (QED) is 0.757. The fourth-order valence-electron chi connectivity index (χ4n) is 1.48. The van der Waals surface area contributed by atoms with E-state index in [1.54, 1.807) is 0 Å². The van der Waals surface area contributed by atoms with Gasteiger partial charge in [0.25, 0.3) is 0 Å². The lowest BCUT2D eigenvalue weighted by Crippen LogP contribution is -2.20. The van der Waals surface area contributed by atoms with Gasteiger partial charge in [-0.3, -0.25) is 4.79 Å². The maximum absolute atomic E-state index is 13.3. The second kappa shape index (κ2) is 6.23. The predicted octanol–water partition coefficient (Wildman–Crippen LogP) is 2.61. The van der Waals surface area contributed by atoms with Gasteiger partial charge >= 0.3 is 0 Å². The number of halogens is 2. The van der Waals surface area contributed by atoms with E-state index in [1.807, 2.05) is 13.8 Å². The summed E-state index contributed by atoms with van der Waals surface area (Å²) in [5.74, 6) is -3.35. The van der Waals surface area contributed by atoms with Crippen LogP contribution in [0, 0.1) is 17.6 Å². The lowest BCUT2D eigenvalue weighted by atomic mass is 10.1. The fourth-order valence-corrected chi connectivity index (χ4v) is 3.01. The van der Waals surface area contributed by atoms with Gasteiger partial charge in [0.2, 0.25) is 0 Å². The zero-order valence-corrected chi connectivity index (χ0v) is 11.6. The zero-order valence-electron chi connectivity index (χ0n) is 10.8. The van der Waals surface area contributed by atoms with Gasteiger partial charge in [-0.25, -0.2) is 17.2 Å². The van der Waals surface area contributed by atoms with Crippen molar-refractivity contribution in [1.29, 1.82) is 0 Å². The van der Waals surface area contributed by atoms with Crippen molar-refractivity contribution in [2.75, 3.05) is 11.5 Å². The molecule has 0 saturated heterocycles. The first-order chi connectivity index (χ1) is 8.71. The number of Topliss-reactive ketones (excluding diaryl/α,β-unsaturated/α-hetero) is 1. The minimum absolute atomic E-state index is 0.112. The number of hydrogen-bond acceptors (Lipinski definition) is 3. The highest BCUT2D eigenvalue weighted by molar-refractivity contribution is 7.92. The average Bonchev–Trinajstić information content (AvgIpc) is 2.25. The largest absolute Gasteiger partial charge is 0.293 e. The van der Waals surface area contributed by atoms with E-state index in [9.17, 15) is 22.0 Å². The van der Waals surface area contributed by atoms with Crippen LogP contribution < -0.4 is 0 Å². The molecule has 19 heavy (non-hydrogen) atoms. The first kappa shape index (κ1) is 15.8. The van der Waals surface area contributed by atoms with E-state index in [2.05, 4.69) is 0 Å². The number of sulfone groups is 1. The van der Waals surface area contributed by atoms with E-state index >= 15 is 0 Å². The molecule has 1 aromatic carbocycles. The summed E-state index contributed by atoms with van der Waals surface area (Å²) in [7, 11) is -3.56. The molecule has 0 spiro atoms. The van der Waals surface area contributed by atoms with Crippen molar-refractivity contribution in [3.8, 4) is 0 Å². The topological polar surface area (TPSA) is 51.2 Å². The molecule has 0 aliphatic heterocycles. The third-order valence-electron chi connectivity index (χ3n) is 2.59. The molecule has 0 heterocycles. The van der Waals surface area contributed by atoms with E-state index in [1.165, 1.54) is 0 Å². The molecular weight excluding hydrogens is 274 g/mol. The van der Waals surface area contributed by atoms with Gasteiger partial charge in [-0.2, -0.15) is 0 Å². The molecular formula is C13H16F2O3S. The van der Waals surface area contributed by atoms with Crippen molar-refractivity contribution < 1.29 is 22.0 Å². The summed E-state index contributed by atoms with van der Waals surface area (Å²) in [6.07, 6.45) is 0.446. The summed E-state index contributed by atoms with van der Waals surface area (Å²) in [6.45, 7) is 3.74. The molecule has 1 aromatic rings. The molecule has 0 saturated carbocycles. The predicted molar refractivity (Wildman–Crippen MR) is 68.8 cm³/mol. The molecule has 6 heteroatoms. The molecule has 0 atom stereocenters. The van der Waals surface area contributed by atoms with Crippen LogP contribution in [0.3, 0.4) is 0 Å². The number of rotatable bonds is 6. The van der Waals surface area contributed by atoms with E-state index in [0.717, 1.165) is 12.1 Å². The molecule has 0 bridgehead atoms. The maximum Gasteiger partial charge on any atom is 0.180 e. The third-order valence-corrected chi connectivity index (χ3v) is 4.15. The summed E-state index contributed by atoms with van der Waals surface area (Å²) in [5, 5.41) is 0. The van der Waals surface area contributed by atoms with Crippen LogP contribution >= 0.6 is 0 Å². The summed E-state index contributed by atoms with van der Waals surface area (Å²) < 4.78 is 49.4. The Labute approximate surface area is 111 Å². The van der Waals surface area contributed by atoms with Crippen LogP contribution in [0.15, 0.2) is 18.2 Å². The summed E-state index contributed by atoms with van der Waals surface area (Å²) in [4.78, 5) is 11.7. The molecule has 1 rings (SSSR count).